The molecule has 3 rings (SSSR count). The Morgan fingerprint density at radius 2 is 2.00 bits per heavy atom. The van der Waals surface area contributed by atoms with Crippen molar-refractivity contribution in [2.75, 3.05) is 19.7 Å². The normalized spacial score (nSPS) is 37.7. The van der Waals surface area contributed by atoms with Gasteiger partial charge in [0.05, 0.1) is 6.61 Å². The Bertz CT molecular complexity index is 342. The maximum atomic E-state index is 10.0. The van der Waals surface area contributed by atoms with Crippen molar-refractivity contribution < 1.29 is 5.11 Å². The van der Waals surface area contributed by atoms with E-state index in [4.69, 9.17) is 0 Å². The smallest absolute Gasteiger partial charge is 0.0616 e. The van der Waals surface area contributed by atoms with Crippen LogP contribution in [0.2, 0.25) is 0 Å². The van der Waals surface area contributed by atoms with Crippen LogP contribution in [0.15, 0.2) is 0 Å². The quantitative estimate of drug-likeness (QED) is 0.758. The molecule has 3 unspecified atom stereocenters. The number of aliphatic hydroxyl groups is 1. The van der Waals surface area contributed by atoms with Gasteiger partial charge in [-0.3, -0.25) is 0 Å². The monoisotopic (exact) mass is 294 g/mol. The third-order valence-corrected chi connectivity index (χ3v) is 6.26. The zero-order chi connectivity index (χ0) is 14.9. The molecule has 3 heteroatoms. The fraction of sp³-hybridized carbons (Fsp3) is 1.00. The van der Waals surface area contributed by atoms with Gasteiger partial charge in [-0.05, 0) is 69.9 Å². The third kappa shape index (κ3) is 3.46. The Morgan fingerprint density at radius 3 is 2.67 bits per heavy atom. The lowest BCUT2D eigenvalue weighted by Gasteiger charge is -2.37. The van der Waals surface area contributed by atoms with Gasteiger partial charge in [-0.1, -0.05) is 20.3 Å². The zero-order valence-corrected chi connectivity index (χ0v) is 14.0. The summed E-state index contributed by atoms with van der Waals surface area (Å²) in [4.78, 5) is 2.72. The average Bonchev–Trinajstić information content (AvgIpc) is 3.01. The second kappa shape index (κ2) is 6.55. The van der Waals surface area contributed by atoms with Crippen LogP contribution in [0.25, 0.3) is 0 Å². The van der Waals surface area contributed by atoms with Gasteiger partial charge < -0.3 is 15.3 Å². The van der Waals surface area contributed by atoms with Crippen molar-refractivity contribution >= 4 is 0 Å². The molecule has 0 bridgehead atoms. The van der Waals surface area contributed by atoms with Crippen LogP contribution >= 0.6 is 0 Å². The summed E-state index contributed by atoms with van der Waals surface area (Å²) in [5.41, 5.74) is 0.0498. The molecule has 3 aliphatic rings. The third-order valence-electron chi connectivity index (χ3n) is 6.26. The highest BCUT2D eigenvalue weighted by Crippen LogP contribution is 2.40. The first-order valence-electron chi connectivity index (χ1n) is 9.27. The molecule has 1 heterocycles. The van der Waals surface area contributed by atoms with Crippen LogP contribution in [0, 0.1) is 11.8 Å². The summed E-state index contributed by atoms with van der Waals surface area (Å²) in [6.45, 7) is 7.59. The van der Waals surface area contributed by atoms with Crippen molar-refractivity contribution in [1.29, 1.82) is 0 Å². The summed E-state index contributed by atoms with van der Waals surface area (Å²) >= 11 is 0. The predicted octanol–water partition coefficient (Wildman–Crippen LogP) is 2.78. The van der Waals surface area contributed by atoms with Crippen LogP contribution in [-0.2, 0) is 0 Å². The van der Waals surface area contributed by atoms with E-state index in [1.165, 1.54) is 64.5 Å². The Kier molecular flexibility index (Phi) is 4.92. The zero-order valence-electron chi connectivity index (χ0n) is 14.0. The second-order valence-corrected chi connectivity index (χ2v) is 8.10. The topological polar surface area (TPSA) is 35.5 Å². The van der Waals surface area contributed by atoms with Crippen LogP contribution in [0.3, 0.4) is 0 Å². The highest BCUT2D eigenvalue weighted by Gasteiger charge is 2.45. The maximum Gasteiger partial charge on any atom is 0.0616 e. The molecular weight excluding hydrogens is 260 g/mol. The highest BCUT2D eigenvalue weighted by molar-refractivity contribution is 5.03. The van der Waals surface area contributed by atoms with E-state index in [1.807, 2.05) is 0 Å². The van der Waals surface area contributed by atoms with E-state index >= 15 is 0 Å². The van der Waals surface area contributed by atoms with Crippen molar-refractivity contribution in [3.05, 3.63) is 0 Å². The highest BCUT2D eigenvalue weighted by atomic mass is 16.3. The first-order chi connectivity index (χ1) is 10.1. The maximum absolute atomic E-state index is 10.0. The number of nitrogens with one attached hydrogen (secondary N) is 1. The molecule has 2 saturated carbocycles. The summed E-state index contributed by atoms with van der Waals surface area (Å²) in [6, 6.07) is 1.50. The average molecular weight is 294 g/mol. The molecule has 0 aromatic heterocycles. The van der Waals surface area contributed by atoms with Gasteiger partial charge >= 0.3 is 0 Å². The summed E-state index contributed by atoms with van der Waals surface area (Å²) in [7, 11) is 0. The first kappa shape index (κ1) is 15.8. The van der Waals surface area contributed by atoms with E-state index in [-0.39, 0.29) is 5.54 Å². The van der Waals surface area contributed by atoms with E-state index in [0.717, 1.165) is 12.0 Å². The summed E-state index contributed by atoms with van der Waals surface area (Å²) in [5, 5.41) is 13.8. The van der Waals surface area contributed by atoms with E-state index < -0.39 is 0 Å². The van der Waals surface area contributed by atoms with Crippen molar-refractivity contribution in [3.8, 4) is 0 Å². The molecule has 3 nitrogen and oxygen atoms in total. The lowest BCUT2D eigenvalue weighted by Crippen LogP contribution is -2.53. The van der Waals surface area contributed by atoms with Gasteiger partial charge in [-0.25, -0.2) is 0 Å². The Morgan fingerprint density at radius 1 is 1.19 bits per heavy atom. The molecule has 2 aliphatic carbocycles. The fourth-order valence-corrected chi connectivity index (χ4v) is 4.85. The molecule has 0 radical (unpaired) electrons. The molecule has 2 N–H and O–H groups in total. The number of rotatable bonds is 7. The minimum atomic E-state index is 0.0498. The molecule has 0 aromatic carbocycles. The number of hydrogen-bond acceptors (Lipinski definition) is 3. The molecule has 122 valence electrons. The van der Waals surface area contributed by atoms with E-state index in [2.05, 4.69) is 24.1 Å². The minimum absolute atomic E-state index is 0.0498. The molecule has 21 heavy (non-hydrogen) atoms. The SMILES string of the molecule is CC(C)C1CCCN1CCC1CCCC1(CO)NC1CC1. The van der Waals surface area contributed by atoms with Crippen molar-refractivity contribution in [2.45, 2.75) is 82.8 Å². The second-order valence-electron chi connectivity index (χ2n) is 8.10. The lowest BCUT2D eigenvalue weighted by atomic mass is 9.84. The lowest BCUT2D eigenvalue weighted by molar-refractivity contribution is 0.104. The Hall–Kier alpha value is -0.120. The minimum Gasteiger partial charge on any atom is -0.394 e. The summed E-state index contributed by atoms with van der Waals surface area (Å²) in [6.07, 6.45) is 10.4. The van der Waals surface area contributed by atoms with Gasteiger partial charge in [0.1, 0.15) is 0 Å². The van der Waals surface area contributed by atoms with Gasteiger partial charge in [0, 0.05) is 17.6 Å². The Balaban J connectivity index is 1.55. The van der Waals surface area contributed by atoms with Crippen LogP contribution in [-0.4, -0.2) is 47.3 Å². The van der Waals surface area contributed by atoms with Gasteiger partial charge in [-0.2, -0.15) is 0 Å². The van der Waals surface area contributed by atoms with Gasteiger partial charge in [0.2, 0.25) is 0 Å². The van der Waals surface area contributed by atoms with E-state index in [1.54, 1.807) is 0 Å². The number of hydrogen-bond donors (Lipinski definition) is 2. The fourth-order valence-electron chi connectivity index (χ4n) is 4.85. The standard InChI is InChI=1S/C18H34N2O/c1-14(2)17-6-4-11-20(17)12-9-15-5-3-10-18(15,13-21)19-16-7-8-16/h14-17,19,21H,3-13H2,1-2H3. The van der Waals surface area contributed by atoms with Crippen molar-refractivity contribution in [3.63, 3.8) is 0 Å². The summed E-state index contributed by atoms with van der Waals surface area (Å²) < 4.78 is 0. The molecule has 1 aliphatic heterocycles. The predicted molar refractivity (Wildman–Crippen MR) is 87.4 cm³/mol. The molecule has 0 amide bonds. The van der Waals surface area contributed by atoms with Gasteiger partial charge in [0.25, 0.3) is 0 Å². The van der Waals surface area contributed by atoms with Crippen molar-refractivity contribution in [1.82, 2.24) is 10.2 Å². The van der Waals surface area contributed by atoms with Gasteiger partial charge in [-0.15, -0.1) is 0 Å². The number of aliphatic hydroxyl groups excluding tert-OH is 1. The molecular formula is C18H34N2O. The number of likely N-dealkylation sites (tertiary alicyclic amines) is 1. The number of nitrogens with zero attached hydrogens (tertiary/aromatic N) is 1. The molecule has 3 fully saturated rings. The molecule has 0 spiro atoms. The first-order valence-corrected chi connectivity index (χ1v) is 9.27. The molecule has 0 aromatic rings. The molecule has 1 saturated heterocycles. The largest absolute Gasteiger partial charge is 0.394 e. The van der Waals surface area contributed by atoms with E-state index in [0.29, 0.717) is 18.6 Å². The van der Waals surface area contributed by atoms with Crippen LogP contribution in [0.5, 0.6) is 0 Å². The van der Waals surface area contributed by atoms with E-state index in [9.17, 15) is 5.11 Å². The van der Waals surface area contributed by atoms with Crippen LogP contribution < -0.4 is 5.32 Å². The van der Waals surface area contributed by atoms with Crippen molar-refractivity contribution in [2.24, 2.45) is 11.8 Å². The van der Waals surface area contributed by atoms with Gasteiger partial charge in [0.15, 0.2) is 0 Å². The Labute approximate surface area is 130 Å². The molecule has 3 atom stereocenters. The van der Waals surface area contributed by atoms with Crippen LogP contribution in [0.4, 0.5) is 0 Å². The summed E-state index contributed by atoms with van der Waals surface area (Å²) in [5.74, 6) is 1.46. The van der Waals surface area contributed by atoms with Crippen LogP contribution in [0.1, 0.15) is 65.2 Å².